The molecule has 3 rings (SSSR count). The van der Waals surface area contributed by atoms with E-state index >= 15 is 0 Å². The van der Waals surface area contributed by atoms with Gasteiger partial charge in [0, 0.05) is 13.8 Å². The van der Waals surface area contributed by atoms with Gasteiger partial charge in [0.25, 0.3) is 0 Å². The van der Waals surface area contributed by atoms with Crippen molar-refractivity contribution in [2.75, 3.05) is 6.61 Å². The summed E-state index contributed by atoms with van der Waals surface area (Å²) in [6, 6.07) is 9.74. The number of benzene rings is 1. The Bertz CT molecular complexity index is 588. The molecule has 7 heteroatoms. The van der Waals surface area contributed by atoms with Crippen LogP contribution in [0.4, 0.5) is 0 Å². The third-order valence-corrected chi connectivity index (χ3v) is 3.92. The van der Waals surface area contributed by atoms with Crippen LogP contribution in [0, 0.1) is 0 Å². The van der Waals surface area contributed by atoms with Crippen molar-refractivity contribution in [1.29, 1.82) is 0 Å². The Morgan fingerprint density at radius 3 is 2.46 bits per heavy atom. The van der Waals surface area contributed by atoms with E-state index in [0.717, 1.165) is 5.56 Å². The van der Waals surface area contributed by atoms with E-state index < -0.39 is 36.5 Å². The highest BCUT2D eigenvalue weighted by atomic mass is 16.8. The Morgan fingerprint density at radius 2 is 1.79 bits per heavy atom. The molecule has 0 unspecified atom stereocenters. The summed E-state index contributed by atoms with van der Waals surface area (Å²) in [6.07, 6.45) is -3.07. The van der Waals surface area contributed by atoms with Gasteiger partial charge in [0.05, 0.1) is 13.2 Å². The number of fused-ring (bicyclic) bond motifs is 1. The maximum absolute atomic E-state index is 11.3. The molecule has 1 aromatic carbocycles. The van der Waals surface area contributed by atoms with Gasteiger partial charge >= 0.3 is 11.9 Å². The second kappa shape index (κ2) is 7.29. The summed E-state index contributed by atoms with van der Waals surface area (Å²) in [5.41, 5.74) is 1.03. The largest absolute Gasteiger partial charge is 0.453 e. The van der Waals surface area contributed by atoms with Gasteiger partial charge in [-0.2, -0.15) is 0 Å². The molecule has 2 heterocycles. The summed E-state index contributed by atoms with van der Waals surface area (Å²) >= 11 is 0. The van der Waals surface area contributed by atoms with Gasteiger partial charge < -0.3 is 23.7 Å². The van der Waals surface area contributed by atoms with E-state index in [0.29, 0.717) is 13.2 Å². The lowest BCUT2D eigenvalue weighted by Gasteiger charge is -2.21. The number of carbonyl (C=O) groups excluding carboxylic acids is 2. The fourth-order valence-corrected chi connectivity index (χ4v) is 2.93. The van der Waals surface area contributed by atoms with E-state index in [4.69, 9.17) is 23.7 Å². The van der Waals surface area contributed by atoms with Crippen LogP contribution in [0.15, 0.2) is 30.3 Å². The highest BCUT2D eigenvalue weighted by Gasteiger charge is 2.56. The Kier molecular flexibility index (Phi) is 5.13. The molecule has 5 atom stereocenters. The molecule has 7 nitrogen and oxygen atoms in total. The van der Waals surface area contributed by atoms with Crippen LogP contribution >= 0.6 is 0 Å². The average molecular weight is 336 g/mol. The zero-order chi connectivity index (χ0) is 17.1. The predicted octanol–water partition coefficient (Wildman–Crippen LogP) is 1.19. The first-order valence-corrected chi connectivity index (χ1v) is 7.81. The molecule has 0 N–H and O–H groups in total. The molecule has 0 aromatic heterocycles. The maximum atomic E-state index is 11.3. The second-order valence-corrected chi connectivity index (χ2v) is 5.79. The van der Waals surface area contributed by atoms with Gasteiger partial charge in [-0.25, -0.2) is 0 Å². The first-order valence-electron chi connectivity index (χ1n) is 7.81. The molecule has 130 valence electrons. The molecule has 0 spiro atoms. The summed E-state index contributed by atoms with van der Waals surface area (Å²) < 4.78 is 27.6. The number of carbonyl (C=O) groups is 2. The lowest BCUT2D eigenvalue weighted by atomic mass is 10.1. The third kappa shape index (κ3) is 3.75. The fourth-order valence-electron chi connectivity index (χ4n) is 2.93. The molecule has 0 amide bonds. The second-order valence-electron chi connectivity index (χ2n) is 5.79. The third-order valence-electron chi connectivity index (χ3n) is 3.92. The molecule has 0 bridgehead atoms. The van der Waals surface area contributed by atoms with Crippen LogP contribution in [0.1, 0.15) is 19.4 Å². The maximum Gasteiger partial charge on any atom is 0.305 e. The number of rotatable bonds is 5. The van der Waals surface area contributed by atoms with Crippen molar-refractivity contribution < 1.29 is 33.3 Å². The molecule has 2 saturated heterocycles. The van der Waals surface area contributed by atoms with Gasteiger partial charge in [0.15, 0.2) is 6.10 Å². The van der Waals surface area contributed by atoms with Crippen molar-refractivity contribution in [3.63, 3.8) is 0 Å². The fraction of sp³-hybridized carbons (Fsp3) is 0.529. The molecular formula is C17H20O7. The molecule has 2 fully saturated rings. The standard InChI is InChI=1S/C17H20O7/c1-10(18)22-16-15-14(24-17(16)23-11(2)19)13(9-21-15)20-8-12-6-4-3-5-7-12/h3-7,13-17H,8-9H2,1-2H3/t13-,14-,15+,16-,17-/m1/s1. The lowest BCUT2D eigenvalue weighted by molar-refractivity contribution is -0.204. The van der Waals surface area contributed by atoms with Crippen molar-refractivity contribution in [2.24, 2.45) is 0 Å². The van der Waals surface area contributed by atoms with Crippen molar-refractivity contribution in [3.05, 3.63) is 35.9 Å². The van der Waals surface area contributed by atoms with E-state index in [1.165, 1.54) is 13.8 Å². The molecule has 0 radical (unpaired) electrons. The zero-order valence-corrected chi connectivity index (χ0v) is 13.5. The zero-order valence-electron chi connectivity index (χ0n) is 13.5. The summed E-state index contributed by atoms with van der Waals surface area (Å²) in [5, 5.41) is 0. The number of ether oxygens (including phenoxy) is 5. The van der Waals surface area contributed by atoms with Crippen LogP contribution < -0.4 is 0 Å². The SMILES string of the molecule is CC(=O)O[C@@H]1O[C@H]2[C@H](OC[C@H]2OCc2ccccc2)[C@H]1OC(C)=O. The quantitative estimate of drug-likeness (QED) is 0.747. The molecule has 24 heavy (non-hydrogen) atoms. The van der Waals surface area contributed by atoms with Crippen LogP contribution in [-0.2, 0) is 39.9 Å². The minimum atomic E-state index is -0.982. The number of hydrogen-bond donors (Lipinski definition) is 0. The molecule has 0 aliphatic carbocycles. The van der Waals surface area contributed by atoms with Crippen LogP contribution in [0.3, 0.4) is 0 Å². The number of esters is 2. The Balaban J connectivity index is 1.64. The van der Waals surface area contributed by atoms with Crippen molar-refractivity contribution in [3.8, 4) is 0 Å². The minimum Gasteiger partial charge on any atom is -0.453 e. The van der Waals surface area contributed by atoms with Crippen LogP contribution in [-0.4, -0.2) is 49.3 Å². The van der Waals surface area contributed by atoms with Crippen LogP contribution in [0.2, 0.25) is 0 Å². The molecule has 2 aliphatic heterocycles. The molecule has 2 aliphatic rings. The molecule has 0 saturated carbocycles. The van der Waals surface area contributed by atoms with E-state index in [1.807, 2.05) is 30.3 Å². The summed E-state index contributed by atoms with van der Waals surface area (Å²) in [6.45, 7) is 3.30. The highest BCUT2D eigenvalue weighted by Crippen LogP contribution is 2.35. The topological polar surface area (TPSA) is 80.3 Å². The Morgan fingerprint density at radius 1 is 1.08 bits per heavy atom. The normalized spacial score (nSPS) is 31.5. The first kappa shape index (κ1) is 16.9. The van der Waals surface area contributed by atoms with Gasteiger partial charge in [-0.1, -0.05) is 30.3 Å². The average Bonchev–Trinajstić information content (AvgIpc) is 3.06. The van der Waals surface area contributed by atoms with Crippen LogP contribution in [0.25, 0.3) is 0 Å². The van der Waals surface area contributed by atoms with Gasteiger partial charge in [-0.15, -0.1) is 0 Å². The Hall–Kier alpha value is -1.96. The van der Waals surface area contributed by atoms with Gasteiger partial charge in [0.1, 0.15) is 18.3 Å². The van der Waals surface area contributed by atoms with Crippen molar-refractivity contribution in [2.45, 2.75) is 51.2 Å². The van der Waals surface area contributed by atoms with Crippen molar-refractivity contribution >= 4 is 11.9 Å². The number of hydrogen-bond acceptors (Lipinski definition) is 7. The summed E-state index contributed by atoms with van der Waals surface area (Å²) in [7, 11) is 0. The van der Waals surface area contributed by atoms with E-state index in [-0.39, 0.29) is 6.10 Å². The monoisotopic (exact) mass is 336 g/mol. The lowest BCUT2D eigenvalue weighted by Crippen LogP contribution is -2.38. The van der Waals surface area contributed by atoms with Gasteiger partial charge in [-0.3, -0.25) is 9.59 Å². The highest BCUT2D eigenvalue weighted by molar-refractivity contribution is 5.67. The van der Waals surface area contributed by atoms with E-state index in [2.05, 4.69) is 0 Å². The van der Waals surface area contributed by atoms with E-state index in [1.54, 1.807) is 0 Å². The van der Waals surface area contributed by atoms with Gasteiger partial charge in [0.2, 0.25) is 6.29 Å². The molecular weight excluding hydrogens is 316 g/mol. The first-order chi connectivity index (χ1) is 11.5. The Labute approximate surface area is 139 Å². The van der Waals surface area contributed by atoms with Crippen LogP contribution in [0.5, 0.6) is 0 Å². The smallest absolute Gasteiger partial charge is 0.305 e. The molecule has 1 aromatic rings. The summed E-state index contributed by atoms with van der Waals surface area (Å²) in [5.74, 6) is -1.00. The van der Waals surface area contributed by atoms with E-state index in [9.17, 15) is 9.59 Å². The minimum absolute atomic E-state index is 0.325. The predicted molar refractivity (Wildman–Crippen MR) is 80.7 cm³/mol. The van der Waals surface area contributed by atoms with Crippen molar-refractivity contribution in [1.82, 2.24) is 0 Å². The van der Waals surface area contributed by atoms with Gasteiger partial charge in [-0.05, 0) is 5.56 Å². The summed E-state index contributed by atoms with van der Waals surface area (Å²) in [4.78, 5) is 22.5.